The summed E-state index contributed by atoms with van der Waals surface area (Å²) in [4.78, 5) is 0. The van der Waals surface area contributed by atoms with Gasteiger partial charge in [0.25, 0.3) is 0 Å². The number of halogens is 2. The average Bonchev–Trinajstić information content (AvgIpc) is 2.66. The van der Waals surface area contributed by atoms with Crippen LogP contribution in [0.15, 0.2) is 44.6 Å². The van der Waals surface area contributed by atoms with E-state index in [1.54, 1.807) is 17.1 Å². The monoisotopic (exact) mass is 278 g/mol. The smallest absolute Gasteiger partial charge is 0.170 e. The molecule has 1 aromatic carbocycles. The number of hydrazone groups is 1. The Labute approximate surface area is 115 Å². The van der Waals surface area contributed by atoms with Crippen molar-refractivity contribution in [2.75, 3.05) is 7.05 Å². The van der Waals surface area contributed by atoms with Crippen molar-refractivity contribution in [3.8, 4) is 0 Å². The van der Waals surface area contributed by atoms with Crippen LogP contribution >= 0.6 is 11.6 Å². The molecular formula is C13H12ClFN4. The van der Waals surface area contributed by atoms with Gasteiger partial charge in [-0.05, 0) is 19.1 Å². The lowest BCUT2D eigenvalue weighted by Crippen LogP contribution is -2.30. The highest BCUT2D eigenvalue weighted by Gasteiger charge is 2.39. The number of nitrogens with zero attached hydrogens (tertiary/aromatic N) is 4. The van der Waals surface area contributed by atoms with E-state index in [2.05, 4.69) is 15.3 Å². The van der Waals surface area contributed by atoms with Crippen LogP contribution in [0.25, 0.3) is 5.70 Å². The zero-order valence-corrected chi connectivity index (χ0v) is 11.3. The third-order valence-electron chi connectivity index (χ3n) is 3.32. The van der Waals surface area contributed by atoms with Crippen LogP contribution in [0, 0.1) is 11.7 Å². The highest BCUT2D eigenvalue weighted by Crippen LogP contribution is 2.40. The first-order valence-corrected chi connectivity index (χ1v) is 6.30. The summed E-state index contributed by atoms with van der Waals surface area (Å²) in [6.45, 7) is 1.91. The van der Waals surface area contributed by atoms with Crippen molar-refractivity contribution in [1.82, 2.24) is 5.01 Å². The molecule has 0 N–H and O–H groups in total. The molecule has 0 saturated carbocycles. The minimum Gasteiger partial charge on any atom is -0.273 e. The minimum absolute atomic E-state index is 0.0950. The van der Waals surface area contributed by atoms with Crippen LogP contribution in [0.2, 0.25) is 0 Å². The van der Waals surface area contributed by atoms with Gasteiger partial charge in [0.1, 0.15) is 11.5 Å². The number of hydrogen-bond acceptors (Lipinski definition) is 4. The average molecular weight is 279 g/mol. The van der Waals surface area contributed by atoms with Crippen LogP contribution in [-0.4, -0.2) is 23.9 Å². The molecule has 0 aromatic heterocycles. The van der Waals surface area contributed by atoms with Crippen molar-refractivity contribution in [3.63, 3.8) is 0 Å². The molecule has 0 fully saturated rings. The molecule has 2 aliphatic heterocycles. The number of benzene rings is 1. The lowest BCUT2D eigenvalue weighted by atomic mass is 9.97. The van der Waals surface area contributed by atoms with Gasteiger partial charge in [0, 0.05) is 18.3 Å². The quantitative estimate of drug-likeness (QED) is 0.775. The van der Waals surface area contributed by atoms with E-state index in [9.17, 15) is 4.39 Å². The number of azo groups is 1. The summed E-state index contributed by atoms with van der Waals surface area (Å²) in [6.07, 6.45) is -0.190. The maximum Gasteiger partial charge on any atom is 0.170 e. The predicted octanol–water partition coefficient (Wildman–Crippen LogP) is 3.46. The molecule has 19 heavy (non-hydrogen) atoms. The van der Waals surface area contributed by atoms with Crippen molar-refractivity contribution in [2.24, 2.45) is 21.2 Å². The lowest BCUT2D eigenvalue weighted by Gasteiger charge is -2.24. The summed E-state index contributed by atoms with van der Waals surface area (Å²) in [5.74, 6) is -0.414. The van der Waals surface area contributed by atoms with Crippen LogP contribution < -0.4 is 0 Å². The lowest BCUT2D eigenvalue weighted by molar-refractivity contribution is 0.258. The van der Waals surface area contributed by atoms with Gasteiger partial charge in [0.05, 0.1) is 11.0 Å². The first-order valence-electron chi connectivity index (χ1n) is 5.92. The maximum absolute atomic E-state index is 13.3. The van der Waals surface area contributed by atoms with Gasteiger partial charge in [-0.3, -0.25) is 5.01 Å². The summed E-state index contributed by atoms with van der Waals surface area (Å²) in [6, 6.07) is 6.19. The number of hydrogen-bond donors (Lipinski definition) is 0. The molecule has 0 saturated heterocycles. The molecule has 0 aliphatic carbocycles. The molecule has 6 heteroatoms. The van der Waals surface area contributed by atoms with Crippen LogP contribution in [0.1, 0.15) is 12.5 Å². The topological polar surface area (TPSA) is 40.3 Å². The Morgan fingerprint density at radius 3 is 2.89 bits per heavy atom. The fraction of sp³-hybridized carbons (Fsp3) is 0.308. The molecule has 4 nitrogen and oxygen atoms in total. The number of rotatable bonds is 1. The van der Waals surface area contributed by atoms with Crippen LogP contribution in [-0.2, 0) is 0 Å². The first-order chi connectivity index (χ1) is 9.08. The van der Waals surface area contributed by atoms with E-state index in [1.807, 2.05) is 14.0 Å². The summed E-state index contributed by atoms with van der Waals surface area (Å²) < 4.78 is 13.3. The molecule has 0 spiro atoms. The Kier molecular flexibility index (Phi) is 2.86. The second kappa shape index (κ2) is 4.42. The molecule has 0 bridgehead atoms. The molecule has 2 heterocycles. The van der Waals surface area contributed by atoms with Gasteiger partial charge in [0.15, 0.2) is 6.17 Å². The zero-order chi connectivity index (χ0) is 13.6. The van der Waals surface area contributed by atoms with Crippen LogP contribution in [0.5, 0.6) is 0 Å². The van der Waals surface area contributed by atoms with E-state index >= 15 is 0 Å². The Morgan fingerprint density at radius 1 is 1.37 bits per heavy atom. The minimum atomic E-state index is -0.319. The van der Waals surface area contributed by atoms with E-state index in [0.717, 1.165) is 5.71 Å². The standard InChI is InChI=1S/C13H12ClFN4/c1-7-10-11(14)12(8-4-3-5-9(15)6-8)16-17-13(10)19(2)18-7/h3-6,10,13H,1-2H3. The maximum atomic E-state index is 13.3. The van der Waals surface area contributed by atoms with E-state index in [0.29, 0.717) is 16.3 Å². The van der Waals surface area contributed by atoms with Crippen molar-refractivity contribution in [3.05, 3.63) is 40.7 Å². The van der Waals surface area contributed by atoms with E-state index in [-0.39, 0.29) is 17.9 Å². The van der Waals surface area contributed by atoms with Crippen LogP contribution in [0.3, 0.4) is 0 Å². The van der Waals surface area contributed by atoms with Gasteiger partial charge in [-0.2, -0.15) is 15.3 Å². The summed E-state index contributed by atoms with van der Waals surface area (Å²) in [5.41, 5.74) is 2.05. The Balaban J connectivity index is 2.06. The molecule has 2 unspecified atom stereocenters. The molecule has 98 valence electrons. The Morgan fingerprint density at radius 2 is 2.16 bits per heavy atom. The van der Waals surface area contributed by atoms with Gasteiger partial charge >= 0.3 is 0 Å². The molecule has 0 radical (unpaired) electrons. The number of fused-ring (bicyclic) bond motifs is 1. The van der Waals surface area contributed by atoms with Crippen molar-refractivity contribution >= 4 is 23.0 Å². The second-order valence-corrected chi connectivity index (χ2v) is 5.04. The predicted molar refractivity (Wildman–Crippen MR) is 72.2 cm³/mol. The highest BCUT2D eigenvalue weighted by atomic mass is 35.5. The molecule has 3 rings (SSSR count). The fourth-order valence-electron chi connectivity index (χ4n) is 2.40. The Bertz CT molecular complexity index is 623. The van der Waals surface area contributed by atoms with Crippen molar-refractivity contribution in [1.29, 1.82) is 0 Å². The Hall–Kier alpha value is -1.75. The second-order valence-electron chi connectivity index (χ2n) is 4.63. The van der Waals surface area contributed by atoms with E-state index < -0.39 is 0 Å². The van der Waals surface area contributed by atoms with Crippen molar-refractivity contribution < 1.29 is 4.39 Å². The van der Waals surface area contributed by atoms with Crippen molar-refractivity contribution in [2.45, 2.75) is 13.1 Å². The largest absolute Gasteiger partial charge is 0.273 e. The van der Waals surface area contributed by atoms with Gasteiger partial charge < -0.3 is 0 Å². The first kappa shape index (κ1) is 12.3. The summed E-state index contributed by atoms with van der Waals surface area (Å²) >= 11 is 6.43. The molecule has 1 aromatic rings. The third kappa shape index (κ3) is 1.94. The van der Waals surface area contributed by atoms with Gasteiger partial charge in [-0.15, -0.1) is 0 Å². The van der Waals surface area contributed by atoms with Gasteiger partial charge in [0.2, 0.25) is 0 Å². The summed E-state index contributed by atoms with van der Waals surface area (Å²) in [5, 5.41) is 15.0. The fourth-order valence-corrected chi connectivity index (χ4v) is 2.82. The summed E-state index contributed by atoms with van der Waals surface area (Å²) in [7, 11) is 1.84. The highest BCUT2D eigenvalue weighted by molar-refractivity contribution is 6.34. The molecule has 2 aliphatic rings. The van der Waals surface area contributed by atoms with E-state index in [4.69, 9.17) is 11.6 Å². The zero-order valence-electron chi connectivity index (χ0n) is 10.5. The van der Waals surface area contributed by atoms with Crippen LogP contribution in [0.4, 0.5) is 4.39 Å². The molecule has 2 atom stereocenters. The van der Waals surface area contributed by atoms with Gasteiger partial charge in [-0.1, -0.05) is 23.7 Å². The normalized spacial score (nSPS) is 25.7. The van der Waals surface area contributed by atoms with Gasteiger partial charge in [-0.25, -0.2) is 4.39 Å². The third-order valence-corrected chi connectivity index (χ3v) is 3.73. The molecular weight excluding hydrogens is 267 g/mol. The molecule has 0 amide bonds. The SMILES string of the molecule is CC1=NN(C)C2N=NC(c3cccc(F)c3)=C(Cl)C12. The van der Waals surface area contributed by atoms with E-state index in [1.165, 1.54) is 12.1 Å².